The Hall–Kier alpha value is -3.26. The van der Waals surface area contributed by atoms with Gasteiger partial charge >= 0.3 is 5.97 Å². The van der Waals surface area contributed by atoms with Gasteiger partial charge in [0.05, 0.1) is 13.3 Å². The standard InChI is InChI=1S/C19H18N4O3S/c1-12-4-7-15(8-5-12)18-21-22-19(27)23(18)20-11-14-6-9-16(26-13(2)24)17(10-14)25-3/h4-11H,1-3H3,(H,22,27)/b20-11+. The summed E-state index contributed by atoms with van der Waals surface area (Å²) in [4.78, 5) is 11.1. The summed E-state index contributed by atoms with van der Waals surface area (Å²) in [7, 11) is 1.50. The van der Waals surface area contributed by atoms with E-state index < -0.39 is 5.97 Å². The Morgan fingerprint density at radius 3 is 2.63 bits per heavy atom. The molecule has 0 bridgehead atoms. The van der Waals surface area contributed by atoms with Gasteiger partial charge in [0, 0.05) is 12.5 Å². The summed E-state index contributed by atoms with van der Waals surface area (Å²) < 4.78 is 12.3. The van der Waals surface area contributed by atoms with Gasteiger partial charge in [0.15, 0.2) is 17.3 Å². The number of aromatic amines is 1. The van der Waals surface area contributed by atoms with Crippen LogP contribution in [0.1, 0.15) is 18.1 Å². The Kier molecular flexibility index (Phi) is 5.46. The fourth-order valence-electron chi connectivity index (χ4n) is 2.42. The minimum absolute atomic E-state index is 0.349. The lowest BCUT2D eigenvalue weighted by Gasteiger charge is -2.08. The number of rotatable bonds is 5. The van der Waals surface area contributed by atoms with E-state index in [2.05, 4.69) is 15.3 Å². The van der Waals surface area contributed by atoms with Crippen LogP contribution in [0.4, 0.5) is 0 Å². The van der Waals surface area contributed by atoms with Crippen LogP contribution in [0.2, 0.25) is 0 Å². The second-order valence-corrected chi connectivity index (χ2v) is 6.17. The minimum atomic E-state index is -0.415. The molecule has 1 N–H and O–H groups in total. The van der Waals surface area contributed by atoms with E-state index in [4.69, 9.17) is 21.7 Å². The van der Waals surface area contributed by atoms with Crippen LogP contribution < -0.4 is 9.47 Å². The summed E-state index contributed by atoms with van der Waals surface area (Å²) in [5, 5.41) is 11.4. The lowest BCUT2D eigenvalue weighted by atomic mass is 10.1. The highest BCUT2D eigenvalue weighted by Gasteiger charge is 2.09. The third-order valence-corrected chi connectivity index (χ3v) is 3.99. The summed E-state index contributed by atoms with van der Waals surface area (Å²) >= 11 is 5.28. The Morgan fingerprint density at radius 1 is 1.22 bits per heavy atom. The number of aromatic nitrogens is 3. The maximum Gasteiger partial charge on any atom is 0.308 e. The normalized spacial score (nSPS) is 10.9. The fourth-order valence-corrected chi connectivity index (χ4v) is 2.60. The number of nitrogens with zero attached hydrogens (tertiary/aromatic N) is 3. The fraction of sp³-hybridized carbons (Fsp3) is 0.158. The van der Waals surface area contributed by atoms with Crippen LogP contribution in [0.5, 0.6) is 11.5 Å². The van der Waals surface area contributed by atoms with Crippen molar-refractivity contribution in [1.82, 2.24) is 14.9 Å². The molecule has 2 aromatic carbocycles. The molecule has 0 amide bonds. The van der Waals surface area contributed by atoms with Gasteiger partial charge in [0.1, 0.15) is 0 Å². The van der Waals surface area contributed by atoms with E-state index in [1.807, 2.05) is 31.2 Å². The Balaban J connectivity index is 1.93. The van der Waals surface area contributed by atoms with E-state index in [-0.39, 0.29) is 0 Å². The van der Waals surface area contributed by atoms with Crippen LogP contribution in [-0.2, 0) is 4.79 Å². The first-order valence-electron chi connectivity index (χ1n) is 8.13. The number of nitrogens with one attached hydrogen (secondary N) is 1. The third-order valence-electron chi connectivity index (χ3n) is 3.72. The van der Waals surface area contributed by atoms with E-state index in [0.29, 0.717) is 22.1 Å². The van der Waals surface area contributed by atoms with E-state index >= 15 is 0 Å². The number of aryl methyl sites for hydroxylation is 1. The molecule has 1 aromatic heterocycles. The molecule has 0 aliphatic rings. The molecule has 27 heavy (non-hydrogen) atoms. The number of hydrogen-bond donors (Lipinski definition) is 1. The molecule has 0 aliphatic carbocycles. The molecule has 0 aliphatic heterocycles. The van der Waals surface area contributed by atoms with E-state index in [1.165, 1.54) is 14.0 Å². The van der Waals surface area contributed by atoms with Gasteiger partial charge < -0.3 is 9.47 Å². The van der Waals surface area contributed by atoms with Gasteiger partial charge in [-0.1, -0.05) is 29.8 Å². The molecule has 0 unspecified atom stereocenters. The number of methoxy groups -OCH3 is 1. The van der Waals surface area contributed by atoms with Gasteiger partial charge in [-0.3, -0.25) is 4.79 Å². The zero-order chi connectivity index (χ0) is 19.4. The average Bonchev–Trinajstić information content (AvgIpc) is 3.01. The number of H-pyrrole nitrogens is 1. The smallest absolute Gasteiger partial charge is 0.308 e. The predicted molar refractivity (Wildman–Crippen MR) is 105 cm³/mol. The highest BCUT2D eigenvalue weighted by molar-refractivity contribution is 7.71. The summed E-state index contributed by atoms with van der Waals surface area (Å²) in [6.07, 6.45) is 1.63. The SMILES string of the molecule is COc1cc(/C=N/n2c(-c3ccc(C)cc3)n[nH]c2=S)ccc1OC(C)=O. The molecule has 1 heterocycles. The molecule has 3 rings (SSSR count). The Bertz CT molecular complexity index is 1050. The van der Waals surface area contributed by atoms with Crippen LogP contribution in [-0.4, -0.2) is 34.2 Å². The molecule has 8 heteroatoms. The Morgan fingerprint density at radius 2 is 1.96 bits per heavy atom. The van der Waals surface area contributed by atoms with Crippen molar-refractivity contribution in [2.75, 3.05) is 7.11 Å². The molecular formula is C19H18N4O3S. The van der Waals surface area contributed by atoms with E-state index in [1.54, 1.807) is 29.1 Å². The van der Waals surface area contributed by atoms with Gasteiger partial charge in [0.2, 0.25) is 4.77 Å². The van der Waals surface area contributed by atoms with Crippen molar-refractivity contribution in [1.29, 1.82) is 0 Å². The molecule has 138 valence electrons. The van der Waals surface area contributed by atoms with Crippen molar-refractivity contribution in [3.05, 3.63) is 58.4 Å². The van der Waals surface area contributed by atoms with E-state index in [9.17, 15) is 4.79 Å². The van der Waals surface area contributed by atoms with Crippen LogP contribution in [0.15, 0.2) is 47.6 Å². The number of carbonyl (C=O) groups excluding carboxylic acids is 1. The third kappa shape index (κ3) is 4.29. The molecule has 0 fully saturated rings. The second kappa shape index (κ2) is 7.96. The molecule has 0 atom stereocenters. The first-order valence-corrected chi connectivity index (χ1v) is 8.54. The molecule has 0 saturated carbocycles. The quantitative estimate of drug-likeness (QED) is 0.315. The summed E-state index contributed by atoms with van der Waals surface area (Å²) in [5.74, 6) is 0.980. The molecular weight excluding hydrogens is 364 g/mol. The van der Waals surface area contributed by atoms with Crippen molar-refractivity contribution in [2.24, 2.45) is 5.10 Å². The summed E-state index contributed by atoms with van der Waals surface area (Å²) in [6, 6.07) is 13.1. The van der Waals surface area contributed by atoms with Crippen LogP contribution in [0.3, 0.4) is 0 Å². The highest BCUT2D eigenvalue weighted by Crippen LogP contribution is 2.27. The molecule has 0 spiro atoms. The van der Waals surface area contributed by atoms with Gasteiger partial charge in [-0.25, -0.2) is 5.10 Å². The summed E-state index contributed by atoms with van der Waals surface area (Å²) in [6.45, 7) is 3.36. The van der Waals surface area contributed by atoms with Crippen molar-refractivity contribution in [3.8, 4) is 22.9 Å². The van der Waals surface area contributed by atoms with Gasteiger partial charge in [0.25, 0.3) is 0 Å². The van der Waals surface area contributed by atoms with Crippen molar-refractivity contribution >= 4 is 24.4 Å². The average molecular weight is 382 g/mol. The first kappa shape index (κ1) is 18.5. The zero-order valence-corrected chi connectivity index (χ0v) is 15.9. The van der Waals surface area contributed by atoms with Crippen LogP contribution in [0, 0.1) is 11.7 Å². The van der Waals surface area contributed by atoms with Crippen LogP contribution in [0.25, 0.3) is 11.4 Å². The summed E-state index contributed by atoms with van der Waals surface area (Å²) in [5.41, 5.74) is 2.80. The minimum Gasteiger partial charge on any atom is -0.493 e. The maximum atomic E-state index is 11.1. The predicted octanol–water partition coefficient (Wildman–Crippen LogP) is 3.73. The lowest BCUT2D eigenvalue weighted by molar-refractivity contribution is -0.132. The van der Waals surface area contributed by atoms with Crippen molar-refractivity contribution in [3.63, 3.8) is 0 Å². The van der Waals surface area contributed by atoms with Gasteiger partial charge in [-0.05, 0) is 42.9 Å². The van der Waals surface area contributed by atoms with Gasteiger partial charge in [-0.2, -0.15) is 14.9 Å². The maximum absolute atomic E-state index is 11.1. The lowest BCUT2D eigenvalue weighted by Crippen LogP contribution is -2.03. The topological polar surface area (TPSA) is 81.5 Å². The second-order valence-electron chi connectivity index (χ2n) is 5.78. The molecule has 0 saturated heterocycles. The molecule has 3 aromatic rings. The highest BCUT2D eigenvalue weighted by atomic mass is 32.1. The first-order chi connectivity index (χ1) is 13.0. The molecule has 7 nitrogen and oxygen atoms in total. The monoisotopic (exact) mass is 382 g/mol. The number of benzene rings is 2. The molecule has 0 radical (unpaired) electrons. The number of esters is 1. The number of carbonyl (C=O) groups is 1. The van der Waals surface area contributed by atoms with Crippen molar-refractivity contribution < 1.29 is 14.3 Å². The van der Waals surface area contributed by atoms with E-state index in [0.717, 1.165) is 16.7 Å². The van der Waals surface area contributed by atoms with Gasteiger partial charge in [-0.15, -0.1) is 0 Å². The van der Waals surface area contributed by atoms with Crippen molar-refractivity contribution in [2.45, 2.75) is 13.8 Å². The van der Waals surface area contributed by atoms with Crippen LogP contribution >= 0.6 is 12.2 Å². The number of hydrogen-bond acceptors (Lipinski definition) is 6. The largest absolute Gasteiger partial charge is 0.493 e. The Labute approximate surface area is 161 Å². The number of ether oxygens (including phenoxy) is 2. The zero-order valence-electron chi connectivity index (χ0n) is 15.1.